The molecule has 0 radical (unpaired) electrons. The van der Waals surface area contributed by atoms with E-state index >= 15 is 0 Å². The van der Waals surface area contributed by atoms with E-state index in [2.05, 4.69) is 10.6 Å². The van der Waals surface area contributed by atoms with E-state index in [0.717, 1.165) is 19.2 Å². The Morgan fingerprint density at radius 2 is 1.36 bits per heavy atom. The van der Waals surface area contributed by atoms with Crippen molar-refractivity contribution in [1.82, 2.24) is 10.6 Å². The monoisotopic (exact) mass is 510 g/mol. The molecular weight excluding hydrogens is 481 g/mol. The molecule has 0 spiro atoms. The van der Waals surface area contributed by atoms with Gasteiger partial charge in [0.05, 0.1) is 12.7 Å². The topological polar surface area (TPSA) is 114 Å². The van der Waals surface area contributed by atoms with Crippen molar-refractivity contribution in [3.63, 3.8) is 0 Å². The first-order chi connectivity index (χ1) is 16.7. The van der Waals surface area contributed by atoms with Crippen LogP contribution in [0.25, 0.3) is 0 Å². The summed E-state index contributed by atoms with van der Waals surface area (Å²) in [6.45, 7) is 4.96. The van der Waals surface area contributed by atoms with Gasteiger partial charge >= 0.3 is 18.2 Å². The van der Waals surface area contributed by atoms with Crippen LogP contribution in [-0.2, 0) is 38.1 Å². The molecule has 196 valence electrons. The molecule has 0 bridgehead atoms. The van der Waals surface area contributed by atoms with Crippen LogP contribution in [0.3, 0.4) is 0 Å². The summed E-state index contributed by atoms with van der Waals surface area (Å²) in [4.78, 5) is 37.8. The van der Waals surface area contributed by atoms with Crippen molar-refractivity contribution >= 4 is 18.0 Å². The molecule has 8 nitrogen and oxygen atoms in total. The van der Waals surface area contributed by atoms with Crippen molar-refractivity contribution < 1.29 is 42.1 Å². The molecule has 0 unspecified atom stereocenters. The summed E-state index contributed by atoms with van der Waals surface area (Å²) in [5, 5.41) is 14.5. The minimum absolute atomic E-state index is 0.000468. The van der Waals surface area contributed by atoms with Gasteiger partial charge < -0.3 is 25.2 Å². The first-order valence-corrected chi connectivity index (χ1v) is 11.0. The lowest BCUT2D eigenvalue weighted by Gasteiger charge is -2.25. The lowest BCUT2D eigenvalue weighted by Crippen LogP contribution is -2.53. The number of amides is 2. The minimum Gasteiger partial charge on any atom is -0.508 e. The Bertz CT molecular complexity index is 1050. The fraction of sp³-hybridized carbons (Fsp3) is 0.400. The normalized spacial score (nSPS) is 13.3. The van der Waals surface area contributed by atoms with Crippen LogP contribution >= 0.6 is 0 Å². The maximum atomic E-state index is 13.1. The summed E-state index contributed by atoms with van der Waals surface area (Å²) in [5.41, 5.74) is -0.725. The minimum atomic E-state index is -4.51. The lowest BCUT2D eigenvalue weighted by atomic mass is 10.0. The highest BCUT2D eigenvalue weighted by Crippen LogP contribution is 2.29. The maximum absolute atomic E-state index is 13.1. The zero-order chi connectivity index (χ0) is 27.1. The van der Waals surface area contributed by atoms with Crippen molar-refractivity contribution in [2.45, 2.75) is 57.5 Å². The fourth-order valence-corrected chi connectivity index (χ4v) is 3.20. The van der Waals surface area contributed by atoms with E-state index in [1.165, 1.54) is 24.3 Å². The largest absolute Gasteiger partial charge is 0.508 e. The van der Waals surface area contributed by atoms with Crippen LogP contribution in [0.5, 0.6) is 5.75 Å². The number of carbonyl (C=O) groups excluding carboxylic acids is 3. The zero-order valence-electron chi connectivity index (χ0n) is 20.3. The zero-order valence-corrected chi connectivity index (χ0v) is 20.3. The van der Waals surface area contributed by atoms with E-state index in [0.29, 0.717) is 11.1 Å². The third-order valence-corrected chi connectivity index (χ3v) is 4.91. The lowest BCUT2D eigenvalue weighted by molar-refractivity contribution is -0.145. The van der Waals surface area contributed by atoms with E-state index in [9.17, 15) is 32.7 Å². The fourth-order valence-electron chi connectivity index (χ4n) is 3.20. The average molecular weight is 511 g/mol. The average Bonchev–Trinajstić information content (AvgIpc) is 2.77. The molecule has 0 heterocycles. The molecule has 2 amide bonds. The number of aromatic hydroxyl groups is 1. The molecule has 2 aromatic carbocycles. The Morgan fingerprint density at radius 3 is 1.83 bits per heavy atom. The Labute approximate surface area is 206 Å². The molecule has 0 aliphatic rings. The predicted molar refractivity (Wildman–Crippen MR) is 124 cm³/mol. The number of nitrogens with one attached hydrogen (secondary N) is 2. The molecule has 36 heavy (non-hydrogen) atoms. The van der Waals surface area contributed by atoms with Crippen LogP contribution < -0.4 is 10.6 Å². The number of alkyl carbamates (subject to hydrolysis) is 1. The van der Waals surface area contributed by atoms with Gasteiger partial charge in [0.15, 0.2) is 0 Å². The maximum Gasteiger partial charge on any atom is 0.416 e. The van der Waals surface area contributed by atoms with Crippen molar-refractivity contribution in [2.24, 2.45) is 0 Å². The molecule has 2 rings (SSSR count). The van der Waals surface area contributed by atoms with E-state index < -0.39 is 47.4 Å². The van der Waals surface area contributed by atoms with Crippen molar-refractivity contribution in [1.29, 1.82) is 0 Å². The highest BCUT2D eigenvalue weighted by molar-refractivity contribution is 5.90. The van der Waals surface area contributed by atoms with Gasteiger partial charge in [-0.15, -0.1) is 0 Å². The summed E-state index contributed by atoms with van der Waals surface area (Å²) < 4.78 is 48.5. The van der Waals surface area contributed by atoms with Gasteiger partial charge in [0, 0.05) is 12.8 Å². The molecule has 3 N–H and O–H groups in total. The van der Waals surface area contributed by atoms with Gasteiger partial charge in [-0.25, -0.2) is 9.59 Å². The smallest absolute Gasteiger partial charge is 0.416 e. The van der Waals surface area contributed by atoms with Gasteiger partial charge in [-0.05, 0) is 56.2 Å². The van der Waals surface area contributed by atoms with E-state index in [1.54, 1.807) is 32.9 Å². The quantitative estimate of drug-likeness (QED) is 0.466. The Kier molecular flexibility index (Phi) is 9.32. The second-order valence-electron chi connectivity index (χ2n) is 9.05. The molecule has 11 heteroatoms. The van der Waals surface area contributed by atoms with Crippen LogP contribution in [0.4, 0.5) is 18.0 Å². The first kappa shape index (κ1) is 28.5. The van der Waals surface area contributed by atoms with Crippen LogP contribution in [0.2, 0.25) is 0 Å². The summed E-state index contributed by atoms with van der Waals surface area (Å²) >= 11 is 0. The second kappa shape index (κ2) is 11.8. The number of benzene rings is 2. The third kappa shape index (κ3) is 9.12. The van der Waals surface area contributed by atoms with E-state index in [4.69, 9.17) is 9.47 Å². The predicted octanol–water partition coefficient (Wildman–Crippen LogP) is 3.75. The highest BCUT2D eigenvalue weighted by Gasteiger charge is 2.31. The number of hydrogen-bond acceptors (Lipinski definition) is 6. The number of carbonyl (C=O) groups is 3. The molecule has 0 aliphatic carbocycles. The SMILES string of the molecule is COC(=O)[C@H](Cc1ccc(C(F)(F)F)cc1)NC(=O)[C@@H](Cc1ccc(O)cc1)NC(=O)OC(C)(C)C. The second-order valence-corrected chi connectivity index (χ2v) is 9.05. The standard InChI is InChI=1S/C25H29F3N2O6/c1-24(2,3)36-23(34)30-19(13-16-7-11-18(31)12-8-16)21(32)29-20(22(33)35-4)14-15-5-9-17(10-6-15)25(26,27)28/h5-12,19-20,31H,13-14H2,1-4H3,(H,29,32)(H,30,34)/t19-,20+/m1/s1. The Morgan fingerprint density at radius 1 is 0.861 bits per heavy atom. The van der Waals surface area contributed by atoms with Gasteiger partial charge in [0.1, 0.15) is 23.4 Å². The summed E-state index contributed by atoms with van der Waals surface area (Å²) in [6, 6.07) is 7.71. The number of halogens is 3. The first-order valence-electron chi connectivity index (χ1n) is 11.0. The number of phenols is 1. The van der Waals surface area contributed by atoms with Crippen molar-refractivity contribution in [3.8, 4) is 5.75 Å². The van der Waals surface area contributed by atoms with Crippen LogP contribution in [0, 0.1) is 0 Å². The molecule has 0 aromatic heterocycles. The Balaban J connectivity index is 2.23. The van der Waals surface area contributed by atoms with Gasteiger partial charge in [-0.1, -0.05) is 24.3 Å². The molecular formula is C25H29F3N2O6. The third-order valence-electron chi connectivity index (χ3n) is 4.91. The van der Waals surface area contributed by atoms with Gasteiger partial charge in [-0.3, -0.25) is 4.79 Å². The number of methoxy groups -OCH3 is 1. The summed E-state index contributed by atoms with van der Waals surface area (Å²) in [6.07, 6.45) is -5.52. The molecule has 0 aliphatic heterocycles. The van der Waals surface area contributed by atoms with E-state index in [-0.39, 0.29) is 18.6 Å². The molecule has 0 saturated carbocycles. The van der Waals surface area contributed by atoms with Crippen LogP contribution in [0.15, 0.2) is 48.5 Å². The summed E-state index contributed by atoms with van der Waals surface area (Å²) in [5.74, 6) is -1.54. The molecule has 0 fully saturated rings. The van der Waals surface area contributed by atoms with Gasteiger partial charge in [0.2, 0.25) is 5.91 Å². The van der Waals surface area contributed by atoms with Gasteiger partial charge in [-0.2, -0.15) is 13.2 Å². The number of rotatable bonds is 8. The van der Waals surface area contributed by atoms with Crippen molar-refractivity contribution in [3.05, 3.63) is 65.2 Å². The molecule has 2 aromatic rings. The number of ether oxygens (including phenoxy) is 2. The number of alkyl halides is 3. The molecule has 2 atom stereocenters. The molecule has 0 saturated heterocycles. The number of esters is 1. The highest BCUT2D eigenvalue weighted by atomic mass is 19.4. The Hall–Kier alpha value is -3.76. The van der Waals surface area contributed by atoms with Crippen LogP contribution in [0.1, 0.15) is 37.5 Å². The number of hydrogen-bond donors (Lipinski definition) is 3. The van der Waals surface area contributed by atoms with Gasteiger partial charge in [0.25, 0.3) is 0 Å². The van der Waals surface area contributed by atoms with Crippen molar-refractivity contribution in [2.75, 3.05) is 7.11 Å². The summed E-state index contributed by atoms with van der Waals surface area (Å²) in [7, 11) is 1.11. The van der Waals surface area contributed by atoms with E-state index in [1.807, 2.05) is 0 Å². The number of phenolic OH excluding ortho intramolecular Hbond substituents is 1. The van der Waals surface area contributed by atoms with Crippen LogP contribution in [-0.4, -0.2) is 47.9 Å².